The highest BCUT2D eigenvalue weighted by molar-refractivity contribution is 5.34. The second-order valence-corrected chi connectivity index (χ2v) is 12.2. The van der Waals surface area contributed by atoms with Crippen LogP contribution in [0.4, 0.5) is 0 Å². The predicted octanol–water partition coefficient (Wildman–Crippen LogP) is 7.70. The van der Waals surface area contributed by atoms with Crippen LogP contribution in [0.5, 0.6) is 0 Å². The van der Waals surface area contributed by atoms with Gasteiger partial charge in [-0.25, -0.2) is 0 Å². The maximum atomic E-state index is 10.2. The molecule has 0 spiro atoms. The second-order valence-electron chi connectivity index (χ2n) is 12.2. The van der Waals surface area contributed by atoms with E-state index in [1.165, 1.54) is 63.4 Å². The summed E-state index contributed by atoms with van der Waals surface area (Å²) in [6, 6.07) is 0. The summed E-state index contributed by atoms with van der Waals surface area (Å²) in [5, 5.41) is 10.2. The third-order valence-corrected chi connectivity index (χ3v) is 10.5. The number of aliphatic hydroxyl groups is 1. The largest absolute Gasteiger partial charge is 0.393 e. The monoisotopic (exact) mass is 398 g/mol. The van der Waals surface area contributed by atoms with Crippen LogP contribution < -0.4 is 0 Å². The average Bonchev–Trinajstić information content (AvgIpc) is 3.03. The standard InChI is InChI=1S/C28H46O/c1-18(2)19(3)7-8-20(4)24-11-12-25-23-10-9-21-17-22(29)13-15-27(21,5)26(23)14-16-28(24,25)6/h18,20-22,24-25,29H,3,7-17H2,1-2,4-6H3/t20-,21+,22?,24-,25+,27+,28-/m1/s1. The molecule has 0 bridgehead atoms. The molecule has 1 N–H and O–H groups in total. The van der Waals surface area contributed by atoms with Crippen molar-refractivity contribution >= 4 is 0 Å². The van der Waals surface area contributed by atoms with E-state index in [-0.39, 0.29) is 6.10 Å². The number of hydrogen-bond acceptors (Lipinski definition) is 1. The molecule has 1 unspecified atom stereocenters. The molecule has 1 nitrogen and oxygen atoms in total. The van der Waals surface area contributed by atoms with Crippen molar-refractivity contribution in [3.63, 3.8) is 0 Å². The lowest BCUT2D eigenvalue weighted by Crippen LogP contribution is -2.45. The van der Waals surface area contributed by atoms with Crippen molar-refractivity contribution in [3.05, 3.63) is 23.3 Å². The first-order chi connectivity index (χ1) is 13.7. The van der Waals surface area contributed by atoms with Crippen molar-refractivity contribution < 1.29 is 5.11 Å². The molecule has 164 valence electrons. The highest BCUT2D eigenvalue weighted by atomic mass is 16.3. The zero-order valence-electron chi connectivity index (χ0n) is 19.9. The van der Waals surface area contributed by atoms with Crippen molar-refractivity contribution in [1.29, 1.82) is 0 Å². The number of rotatable bonds is 5. The van der Waals surface area contributed by atoms with Gasteiger partial charge in [0.1, 0.15) is 0 Å². The zero-order valence-corrected chi connectivity index (χ0v) is 19.9. The van der Waals surface area contributed by atoms with Gasteiger partial charge in [-0.05, 0) is 111 Å². The van der Waals surface area contributed by atoms with E-state index in [2.05, 4.69) is 41.2 Å². The van der Waals surface area contributed by atoms with E-state index >= 15 is 0 Å². The first kappa shape index (κ1) is 21.7. The van der Waals surface area contributed by atoms with Gasteiger partial charge >= 0.3 is 0 Å². The van der Waals surface area contributed by atoms with Crippen LogP contribution >= 0.6 is 0 Å². The van der Waals surface area contributed by atoms with Gasteiger partial charge in [0.2, 0.25) is 0 Å². The zero-order chi connectivity index (χ0) is 21.0. The van der Waals surface area contributed by atoms with Crippen LogP contribution in [0.15, 0.2) is 23.3 Å². The Kier molecular flexibility index (Phi) is 5.86. The highest BCUT2D eigenvalue weighted by Crippen LogP contribution is 2.66. The molecule has 0 radical (unpaired) electrons. The minimum Gasteiger partial charge on any atom is -0.393 e. The van der Waals surface area contributed by atoms with Crippen molar-refractivity contribution in [2.45, 2.75) is 111 Å². The molecule has 4 rings (SSSR count). The fraction of sp³-hybridized carbons (Fsp3) is 0.857. The lowest BCUT2D eigenvalue weighted by atomic mass is 9.50. The average molecular weight is 399 g/mol. The molecule has 0 heterocycles. The van der Waals surface area contributed by atoms with E-state index in [1.54, 1.807) is 0 Å². The van der Waals surface area contributed by atoms with E-state index < -0.39 is 0 Å². The third-order valence-electron chi connectivity index (χ3n) is 10.5. The molecule has 0 aromatic rings. The number of aliphatic hydroxyl groups excluding tert-OH is 1. The van der Waals surface area contributed by atoms with Crippen LogP contribution in [-0.4, -0.2) is 11.2 Å². The van der Waals surface area contributed by atoms with E-state index in [4.69, 9.17) is 0 Å². The summed E-state index contributed by atoms with van der Waals surface area (Å²) in [5.74, 6) is 3.91. The molecule has 7 atom stereocenters. The summed E-state index contributed by atoms with van der Waals surface area (Å²) in [5.41, 5.74) is 6.12. The Balaban J connectivity index is 1.53. The van der Waals surface area contributed by atoms with Crippen LogP contribution in [-0.2, 0) is 0 Å². The summed E-state index contributed by atoms with van der Waals surface area (Å²) in [7, 11) is 0. The Morgan fingerprint density at radius 1 is 1.07 bits per heavy atom. The topological polar surface area (TPSA) is 20.2 Å². The van der Waals surface area contributed by atoms with Gasteiger partial charge in [0.05, 0.1) is 6.10 Å². The Bertz CT molecular complexity index is 672. The van der Waals surface area contributed by atoms with Gasteiger partial charge in [-0.2, -0.15) is 0 Å². The second kappa shape index (κ2) is 7.85. The molecule has 4 aliphatic carbocycles. The first-order valence-corrected chi connectivity index (χ1v) is 12.7. The number of hydrogen-bond donors (Lipinski definition) is 1. The molecule has 1 heteroatoms. The number of allylic oxidation sites excluding steroid dienone is 3. The third kappa shape index (κ3) is 3.58. The number of fused-ring (bicyclic) bond motifs is 4. The minimum absolute atomic E-state index is 0.0404. The predicted molar refractivity (Wildman–Crippen MR) is 124 cm³/mol. The van der Waals surface area contributed by atoms with Gasteiger partial charge in [0.15, 0.2) is 0 Å². The van der Waals surface area contributed by atoms with Crippen LogP contribution in [0.3, 0.4) is 0 Å². The van der Waals surface area contributed by atoms with Gasteiger partial charge in [0.25, 0.3) is 0 Å². The molecular formula is C28H46O. The Labute approximate surface area is 180 Å². The summed E-state index contributed by atoms with van der Waals surface area (Å²) >= 11 is 0. The van der Waals surface area contributed by atoms with Crippen LogP contribution in [0.25, 0.3) is 0 Å². The van der Waals surface area contributed by atoms with Gasteiger partial charge in [-0.3, -0.25) is 0 Å². The smallest absolute Gasteiger partial charge is 0.0543 e. The molecule has 2 saturated carbocycles. The fourth-order valence-corrected chi connectivity index (χ4v) is 8.32. The molecule has 0 amide bonds. The summed E-state index contributed by atoms with van der Waals surface area (Å²) in [6.45, 7) is 16.7. The maximum absolute atomic E-state index is 10.2. The van der Waals surface area contributed by atoms with Crippen molar-refractivity contribution in [2.24, 2.45) is 40.4 Å². The summed E-state index contributed by atoms with van der Waals surface area (Å²) in [6.07, 6.45) is 14.1. The molecule has 2 fully saturated rings. The Hall–Kier alpha value is -0.560. The maximum Gasteiger partial charge on any atom is 0.0543 e. The molecule has 0 saturated heterocycles. The molecule has 0 aromatic carbocycles. The van der Waals surface area contributed by atoms with E-state index in [0.717, 1.165) is 36.5 Å². The summed E-state index contributed by atoms with van der Waals surface area (Å²) in [4.78, 5) is 0. The van der Waals surface area contributed by atoms with Crippen LogP contribution in [0.2, 0.25) is 0 Å². The first-order valence-electron chi connectivity index (χ1n) is 12.7. The molecule has 29 heavy (non-hydrogen) atoms. The molecule has 4 aliphatic rings. The van der Waals surface area contributed by atoms with Gasteiger partial charge in [-0.15, -0.1) is 0 Å². The van der Waals surface area contributed by atoms with Crippen molar-refractivity contribution in [2.75, 3.05) is 0 Å². The highest BCUT2D eigenvalue weighted by Gasteiger charge is 2.55. The van der Waals surface area contributed by atoms with Gasteiger partial charge in [0, 0.05) is 0 Å². The molecule has 0 aliphatic heterocycles. The fourth-order valence-electron chi connectivity index (χ4n) is 8.32. The van der Waals surface area contributed by atoms with Gasteiger partial charge in [-0.1, -0.05) is 57.9 Å². The van der Waals surface area contributed by atoms with E-state index in [9.17, 15) is 5.11 Å². The van der Waals surface area contributed by atoms with Crippen molar-refractivity contribution in [1.82, 2.24) is 0 Å². The van der Waals surface area contributed by atoms with Crippen molar-refractivity contribution in [3.8, 4) is 0 Å². The Morgan fingerprint density at radius 2 is 1.83 bits per heavy atom. The quantitative estimate of drug-likeness (QED) is 0.470. The van der Waals surface area contributed by atoms with E-state index in [1.807, 2.05) is 11.1 Å². The molecular weight excluding hydrogens is 352 g/mol. The minimum atomic E-state index is -0.0404. The van der Waals surface area contributed by atoms with Crippen LogP contribution in [0, 0.1) is 40.4 Å². The van der Waals surface area contributed by atoms with E-state index in [0.29, 0.717) is 16.7 Å². The normalized spacial score (nSPS) is 43.0. The lowest BCUT2D eigenvalue weighted by Gasteiger charge is -2.55. The van der Waals surface area contributed by atoms with Gasteiger partial charge < -0.3 is 5.11 Å². The Morgan fingerprint density at radius 3 is 2.55 bits per heavy atom. The summed E-state index contributed by atoms with van der Waals surface area (Å²) < 4.78 is 0. The SMILES string of the molecule is C=C(CC[C@@H](C)[C@H]1CC[C@H]2C3=C(CC[C@]12C)[C@@]1(C)CCC(O)C[C@@H]1CC3)C(C)C. The lowest BCUT2D eigenvalue weighted by molar-refractivity contribution is 0.0133. The van der Waals surface area contributed by atoms with Crippen LogP contribution in [0.1, 0.15) is 105 Å². The molecule has 0 aromatic heterocycles.